The molecule has 0 bridgehead atoms. The number of hydrogen-bond acceptors (Lipinski definition) is 6. The van der Waals surface area contributed by atoms with Gasteiger partial charge in [0, 0.05) is 40.1 Å². The van der Waals surface area contributed by atoms with E-state index in [-0.39, 0.29) is 10.6 Å². The first-order valence-electron chi connectivity index (χ1n) is 7.72. The van der Waals surface area contributed by atoms with Crippen LogP contribution in [-0.4, -0.2) is 23.3 Å². The molecule has 1 spiro atoms. The molecule has 0 radical (unpaired) electrons. The Morgan fingerprint density at radius 2 is 2.08 bits per heavy atom. The first-order valence-corrected chi connectivity index (χ1v) is 9.76. The van der Waals surface area contributed by atoms with Crippen LogP contribution >= 0.6 is 23.5 Å². The van der Waals surface area contributed by atoms with Crippen molar-refractivity contribution in [3.05, 3.63) is 57.6 Å². The average molecular weight is 372 g/mol. The molecule has 0 amide bonds. The zero-order chi connectivity index (χ0) is 17.8. The molecule has 2 aromatic rings. The van der Waals surface area contributed by atoms with Crippen molar-refractivity contribution in [3.63, 3.8) is 0 Å². The molecule has 0 saturated carbocycles. The molecule has 1 unspecified atom stereocenters. The second kappa shape index (κ2) is 5.71. The number of nitro benzene ring substituents is 1. The van der Waals surface area contributed by atoms with Crippen molar-refractivity contribution < 1.29 is 9.66 Å². The number of hydrogen-bond donors (Lipinski definition) is 0. The van der Waals surface area contributed by atoms with Crippen molar-refractivity contribution in [2.75, 3.05) is 18.2 Å². The largest absolute Gasteiger partial charge is 0.454 e. The third-order valence-corrected chi connectivity index (χ3v) is 6.77. The summed E-state index contributed by atoms with van der Waals surface area (Å²) in [5, 5.41) is 10.4. The minimum absolute atomic E-state index is 0.0719. The molecule has 5 nitrogen and oxygen atoms in total. The Balaban J connectivity index is 1.77. The van der Waals surface area contributed by atoms with Gasteiger partial charge in [0.2, 0.25) is 0 Å². The zero-order valence-corrected chi connectivity index (χ0v) is 15.6. The highest BCUT2D eigenvalue weighted by molar-refractivity contribution is 8.01. The van der Waals surface area contributed by atoms with Gasteiger partial charge in [0.25, 0.3) is 10.7 Å². The number of benzene rings is 2. The highest BCUT2D eigenvalue weighted by Crippen LogP contribution is 2.56. The molecule has 1 atom stereocenters. The van der Waals surface area contributed by atoms with E-state index in [0.29, 0.717) is 5.75 Å². The molecule has 25 heavy (non-hydrogen) atoms. The number of non-ortho nitro benzene ring substituents is 1. The van der Waals surface area contributed by atoms with Crippen molar-refractivity contribution in [1.29, 1.82) is 0 Å². The Morgan fingerprint density at radius 3 is 2.80 bits per heavy atom. The molecule has 7 heteroatoms. The molecule has 128 valence electrons. The summed E-state index contributed by atoms with van der Waals surface area (Å²) < 4.78 is 6.39. The molecule has 2 heterocycles. The highest BCUT2D eigenvalue weighted by Gasteiger charge is 2.49. The molecule has 0 fully saturated rings. The fourth-order valence-electron chi connectivity index (χ4n) is 3.20. The fraction of sp³-hybridized carbons (Fsp3) is 0.222. The third-order valence-electron chi connectivity index (χ3n) is 4.54. The maximum atomic E-state index is 11.0. The number of ether oxygens (including phenoxy) is 1. The van der Waals surface area contributed by atoms with Crippen LogP contribution < -0.4 is 9.64 Å². The van der Waals surface area contributed by atoms with Crippen molar-refractivity contribution >= 4 is 41.0 Å². The van der Waals surface area contributed by atoms with E-state index in [9.17, 15) is 10.1 Å². The van der Waals surface area contributed by atoms with Gasteiger partial charge in [-0.25, -0.2) is 0 Å². The summed E-state index contributed by atoms with van der Waals surface area (Å²) in [6.07, 6.45) is 4.04. The molecule has 0 N–H and O–H groups in total. The van der Waals surface area contributed by atoms with Gasteiger partial charge in [0.15, 0.2) is 0 Å². The quantitative estimate of drug-likeness (QED) is 0.420. The van der Waals surface area contributed by atoms with Crippen molar-refractivity contribution in [2.45, 2.75) is 21.8 Å². The molecule has 0 saturated heterocycles. The smallest absolute Gasteiger partial charge is 0.270 e. The Labute approximate surface area is 154 Å². The van der Waals surface area contributed by atoms with Crippen LogP contribution in [-0.2, 0) is 0 Å². The van der Waals surface area contributed by atoms with Gasteiger partial charge in [-0.3, -0.25) is 10.1 Å². The van der Waals surface area contributed by atoms with Crippen LogP contribution in [0.1, 0.15) is 12.5 Å². The normalized spacial score (nSPS) is 20.8. The molecule has 0 aromatic heterocycles. The number of anilines is 1. The summed E-state index contributed by atoms with van der Waals surface area (Å²) in [6.45, 7) is 2.01. The van der Waals surface area contributed by atoms with Gasteiger partial charge in [-0.2, -0.15) is 0 Å². The van der Waals surface area contributed by atoms with Gasteiger partial charge in [-0.15, -0.1) is 11.8 Å². The van der Waals surface area contributed by atoms with Crippen LogP contribution in [0.4, 0.5) is 11.4 Å². The molecule has 2 aliphatic heterocycles. The van der Waals surface area contributed by atoms with E-state index in [0.717, 1.165) is 16.8 Å². The van der Waals surface area contributed by atoms with Crippen molar-refractivity contribution in [1.82, 2.24) is 0 Å². The van der Waals surface area contributed by atoms with E-state index < -0.39 is 5.06 Å². The van der Waals surface area contributed by atoms with Crippen LogP contribution in [0, 0.1) is 10.1 Å². The highest BCUT2D eigenvalue weighted by atomic mass is 32.2. The van der Waals surface area contributed by atoms with Gasteiger partial charge in [0.1, 0.15) is 5.75 Å². The topological polar surface area (TPSA) is 55.6 Å². The van der Waals surface area contributed by atoms with Gasteiger partial charge >= 0.3 is 0 Å². The lowest BCUT2D eigenvalue weighted by atomic mass is 10.0. The van der Waals surface area contributed by atoms with Crippen molar-refractivity contribution in [2.24, 2.45) is 0 Å². The average Bonchev–Trinajstić information content (AvgIpc) is 2.87. The van der Waals surface area contributed by atoms with Gasteiger partial charge < -0.3 is 9.64 Å². The SMILES string of the molecule is CSc1ccc2c(c1)SC1(Oc3ccc([N+](=O)[O-])cc3C=C1C)N2C. The van der Waals surface area contributed by atoms with Gasteiger partial charge in [0.05, 0.1) is 10.6 Å². The molecule has 0 aliphatic carbocycles. The van der Waals surface area contributed by atoms with E-state index in [1.54, 1.807) is 35.7 Å². The lowest BCUT2D eigenvalue weighted by molar-refractivity contribution is -0.384. The molecule has 2 aromatic carbocycles. The number of rotatable bonds is 2. The van der Waals surface area contributed by atoms with E-state index in [2.05, 4.69) is 29.4 Å². The number of fused-ring (bicyclic) bond motifs is 2. The molecule has 4 rings (SSSR count). The number of nitrogens with zero attached hydrogens (tertiary/aromatic N) is 2. The molecular formula is C18H16N2O3S2. The third kappa shape index (κ3) is 2.41. The predicted molar refractivity (Wildman–Crippen MR) is 103 cm³/mol. The van der Waals surface area contributed by atoms with Crippen LogP contribution in [0.25, 0.3) is 6.08 Å². The monoisotopic (exact) mass is 372 g/mol. The van der Waals surface area contributed by atoms with E-state index in [4.69, 9.17) is 4.74 Å². The lowest BCUT2D eigenvalue weighted by Gasteiger charge is -2.40. The van der Waals surface area contributed by atoms with Crippen molar-refractivity contribution in [3.8, 4) is 5.75 Å². The Morgan fingerprint density at radius 1 is 1.28 bits per heavy atom. The van der Waals surface area contributed by atoms with E-state index in [1.165, 1.54) is 15.9 Å². The standard InChI is InChI=1S/C18H16N2O3S2/c1-11-8-12-9-13(20(21)22)4-7-16(12)23-18(11)19(2)15-6-5-14(24-3)10-17(15)25-18/h4-10H,1-3H3. The van der Waals surface area contributed by atoms with E-state index >= 15 is 0 Å². The summed E-state index contributed by atoms with van der Waals surface area (Å²) in [5.41, 5.74) is 2.95. The van der Waals surface area contributed by atoms with Gasteiger partial charge in [-0.1, -0.05) is 0 Å². The summed E-state index contributed by atoms with van der Waals surface area (Å²) in [4.78, 5) is 15.1. The van der Waals surface area contributed by atoms with Crippen LogP contribution in [0.5, 0.6) is 5.75 Å². The second-order valence-corrected chi connectivity index (χ2v) is 8.06. The predicted octanol–water partition coefficient (Wildman–Crippen LogP) is 5.01. The number of likely N-dealkylation sites (N-methyl/N-ethyl adjacent to an activating group) is 1. The number of nitro groups is 1. The zero-order valence-electron chi connectivity index (χ0n) is 14.0. The lowest BCUT2D eigenvalue weighted by Crippen LogP contribution is -2.48. The summed E-state index contributed by atoms with van der Waals surface area (Å²) >= 11 is 3.38. The summed E-state index contributed by atoms with van der Waals surface area (Å²) in [7, 11) is 2.02. The van der Waals surface area contributed by atoms with E-state index in [1.807, 2.05) is 20.0 Å². The Bertz CT molecular complexity index is 929. The molecule has 2 aliphatic rings. The second-order valence-electron chi connectivity index (χ2n) is 5.99. The fourth-order valence-corrected chi connectivity index (χ4v) is 5.09. The van der Waals surface area contributed by atoms with Crippen LogP contribution in [0.15, 0.2) is 51.8 Å². The van der Waals surface area contributed by atoms with Gasteiger partial charge in [-0.05, 0) is 55.3 Å². The minimum atomic E-state index is -0.650. The molecular weight excluding hydrogens is 356 g/mol. The maximum Gasteiger partial charge on any atom is 0.270 e. The Hall–Kier alpha value is -2.12. The summed E-state index contributed by atoms with van der Waals surface area (Å²) in [5.74, 6) is 0.661. The maximum absolute atomic E-state index is 11.0. The van der Waals surface area contributed by atoms with Crippen LogP contribution in [0.3, 0.4) is 0 Å². The Kier molecular flexibility index (Phi) is 3.73. The minimum Gasteiger partial charge on any atom is -0.454 e. The first kappa shape index (κ1) is 16.4. The summed E-state index contributed by atoms with van der Waals surface area (Å²) in [6, 6.07) is 11.1. The number of thioether (sulfide) groups is 2. The first-order chi connectivity index (χ1) is 11.9. The van der Waals surface area contributed by atoms with Crippen LogP contribution in [0.2, 0.25) is 0 Å².